The summed E-state index contributed by atoms with van der Waals surface area (Å²) >= 11 is 0. The first-order chi connectivity index (χ1) is 11.1. The number of carbonyl (C=O) groups is 3. The van der Waals surface area contributed by atoms with Crippen molar-refractivity contribution in [2.24, 2.45) is 17.8 Å². The highest BCUT2D eigenvalue weighted by Crippen LogP contribution is 2.44. The van der Waals surface area contributed by atoms with Crippen LogP contribution in [0.25, 0.3) is 0 Å². The lowest BCUT2D eigenvalue weighted by atomic mass is 9.64. The van der Waals surface area contributed by atoms with Gasteiger partial charge >= 0.3 is 5.97 Å². The fraction of sp³-hybridized carbons (Fsp3) is 0.526. The smallest absolute Gasteiger partial charge is 0.306 e. The summed E-state index contributed by atoms with van der Waals surface area (Å²) in [5.41, 5.74) is 2.14. The van der Waals surface area contributed by atoms with E-state index >= 15 is 0 Å². The summed E-state index contributed by atoms with van der Waals surface area (Å²) in [4.78, 5) is 35.1. The van der Waals surface area contributed by atoms with Gasteiger partial charge in [0.25, 0.3) is 0 Å². The molecule has 0 aliphatic heterocycles. The zero-order valence-corrected chi connectivity index (χ0v) is 13.7. The van der Waals surface area contributed by atoms with E-state index in [-0.39, 0.29) is 36.1 Å². The van der Waals surface area contributed by atoms with Gasteiger partial charge in [-0.15, -0.1) is 0 Å². The van der Waals surface area contributed by atoms with Crippen molar-refractivity contribution in [3.63, 3.8) is 0 Å². The van der Waals surface area contributed by atoms with Crippen LogP contribution in [0.2, 0.25) is 0 Å². The van der Waals surface area contributed by atoms with Crippen LogP contribution in [0.1, 0.15) is 43.2 Å². The van der Waals surface area contributed by atoms with Crippen molar-refractivity contribution in [3.8, 4) is 0 Å². The number of ether oxygens (including phenoxy) is 1. The first kappa shape index (κ1) is 17.4. The minimum absolute atomic E-state index is 0.0611. The van der Waals surface area contributed by atoms with Gasteiger partial charge in [0.15, 0.2) is 0 Å². The molecule has 0 radical (unpaired) electrons. The van der Waals surface area contributed by atoms with Crippen LogP contribution in [0.3, 0.4) is 0 Å². The topological polar surface area (TPSA) is 60.4 Å². The first-order valence-electron chi connectivity index (χ1n) is 8.23. The number of esters is 1. The molecule has 23 heavy (non-hydrogen) atoms. The van der Waals surface area contributed by atoms with Crippen LogP contribution >= 0.6 is 0 Å². The predicted octanol–water partition coefficient (Wildman–Crippen LogP) is 3.07. The van der Waals surface area contributed by atoms with E-state index in [2.05, 4.69) is 0 Å². The van der Waals surface area contributed by atoms with Crippen molar-refractivity contribution in [2.45, 2.75) is 39.0 Å². The minimum Gasteiger partial charge on any atom is -0.466 e. The highest BCUT2D eigenvalue weighted by molar-refractivity contribution is 5.71. The van der Waals surface area contributed by atoms with Crippen LogP contribution in [0.15, 0.2) is 24.3 Å². The third-order valence-corrected chi connectivity index (χ3v) is 4.82. The number of benzene rings is 1. The molecule has 0 bridgehead atoms. The number of aldehydes is 2. The van der Waals surface area contributed by atoms with Crippen molar-refractivity contribution < 1.29 is 19.1 Å². The maximum absolute atomic E-state index is 11.8. The summed E-state index contributed by atoms with van der Waals surface area (Å²) in [6, 6.07) is 7.96. The summed E-state index contributed by atoms with van der Waals surface area (Å²) in [7, 11) is 0. The molecular formula is C19H24O4. The van der Waals surface area contributed by atoms with Crippen LogP contribution in [0, 0.1) is 24.7 Å². The summed E-state index contributed by atoms with van der Waals surface area (Å²) in [5, 5.41) is 0. The maximum atomic E-state index is 11.8. The van der Waals surface area contributed by atoms with Gasteiger partial charge in [0, 0.05) is 24.2 Å². The van der Waals surface area contributed by atoms with E-state index in [1.807, 2.05) is 31.2 Å². The molecule has 0 amide bonds. The van der Waals surface area contributed by atoms with Gasteiger partial charge in [-0.1, -0.05) is 29.8 Å². The minimum atomic E-state index is -0.328. The van der Waals surface area contributed by atoms with Crippen LogP contribution in [-0.4, -0.2) is 25.1 Å². The van der Waals surface area contributed by atoms with Crippen LogP contribution < -0.4 is 0 Å². The lowest BCUT2D eigenvalue weighted by Gasteiger charge is -2.38. The molecule has 0 spiro atoms. The lowest BCUT2D eigenvalue weighted by molar-refractivity contribution is -0.145. The Labute approximate surface area is 137 Å². The number of aryl methyl sites for hydroxylation is 1. The Morgan fingerprint density at radius 3 is 2.43 bits per heavy atom. The third-order valence-electron chi connectivity index (χ3n) is 4.82. The van der Waals surface area contributed by atoms with Crippen molar-refractivity contribution >= 4 is 18.5 Å². The molecule has 1 aromatic carbocycles. The molecular weight excluding hydrogens is 292 g/mol. The number of hydrogen-bond acceptors (Lipinski definition) is 4. The first-order valence-corrected chi connectivity index (χ1v) is 8.23. The van der Waals surface area contributed by atoms with E-state index in [0.717, 1.165) is 23.7 Å². The molecule has 2 rings (SSSR count). The van der Waals surface area contributed by atoms with Crippen LogP contribution in [-0.2, 0) is 19.1 Å². The Bertz CT molecular complexity index is 549. The fourth-order valence-corrected chi connectivity index (χ4v) is 3.64. The van der Waals surface area contributed by atoms with Crippen LogP contribution in [0.4, 0.5) is 0 Å². The SMILES string of the molecule is CCOC(=O)C[C@@H]1CC[C@@H](C=O)[C@H](c2ccc(C)cc2)[C@H]1C=O. The van der Waals surface area contributed by atoms with E-state index in [1.54, 1.807) is 6.92 Å². The number of rotatable bonds is 6. The second kappa shape index (κ2) is 8.04. The van der Waals surface area contributed by atoms with E-state index in [9.17, 15) is 14.4 Å². The molecule has 1 aliphatic rings. The second-order valence-corrected chi connectivity index (χ2v) is 6.30. The Morgan fingerprint density at radius 1 is 1.17 bits per heavy atom. The quantitative estimate of drug-likeness (QED) is 0.598. The Kier molecular flexibility index (Phi) is 6.08. The largest absolute Gasteiger partial charge is 0.466 e. The van der Waals surface area contributed by atoms with E-state index < -0.39 is 0 Å². The molecule has 1 aromatic rings. The monoisotopic (exact) mass is 316 g/mol. The summed E-state index contributed by atoms with van der Waals surface area (Å²) < 4.78 is 5.02. The zero-order chi connectivity index (χ0) is 16.8. The van der Waals surface area contributed by atoms with Gasteiger partial charge < -0.3 is 14.3 Å². The number of hydrogen-bond donors (Lipinski definition) is 0. The van der Waals surface area contributed by atoms with Gasteiger partial charge in [0.05, 0.1) is 6.61 Å². The normalized spacial score (nSPS) is 27.2. The van der Waals surface area contributed by atoms with Gasteiger partial charge in [0.2, 0.25) is 0 Å². The standard InChI is InChI=1S/C19H24O4/c1-3-23-18(22)10-15-8-9-16(11-20)19(17(15)12-21)14-6-4-13(2)5-7-14/h4-7,11-12,15-17,19H,3,8-10H2,1-2H3/t15-,16-,17-,19-/m0/s1. The molecule has 0 saturated heterocycles. The molecule has 0 unspecified atom stereocenters. The summed E-state index contributed by atoms with van der Waals surface area (Å²) in [6.07, 6.45) is 3.53. The number of carbonyl (C=O) groups excluding carboxylic acids is 3. The molecule has 0 aromatic heterocycles. The molecule has 4 atom stereocenters. The Morgan fingerprint density at radius 2 is 1.87 bits per heavy atom. The molecule has 0 N–H and O–H groups in total. The van der Waals surface area contributed by atoms with Crippen molar-refractivity contribution in [3.05, 3.63) is 35.4 Å². The highest BCUT2D eigenvalue weighted by Gasteiger charge is 2.40. The van der Waals surface area contributed by atoms with Gasteiger partial charge in [-0.3, -0.25) is 4.79 Å². The van der Waals surface area contributed by atoms with E-state index in [1.165, 1.54) is 0 Å². The molecule has 4 heteroatoms. The molecule has 124 valence electrons. The molecule has 4 nitrogen and oxygen atoms in total. The van der Waals surface area contributed by atoms with Crippen LogP contribution in [0.5, 0.6) is 0 Å². The Balaban J connectivity index is 2.26. The Hall–Kier alpha value is -1.97. The van der Waals surface area contributed by atoms with Crippen molar-refractivity contribution in [1.29, 1.82) is 0 Å². The predicted molar refractivity (Wildman–Crippen MR) is 87.0 cm³/mol. The molecule has 1 saturated carbocycles. The van der Waals surface area contributed by atoms with Gasteiger partial charge in [-0.25, -0.2) is 0 Å². The van der Waals surface area contributed by atoms with E-state index in [0.29, 0.717) is 19.4 Å². The van der Waals surface area contributed by atoms with Crippen molar-refractivity contribution in [1.82, 2.24) is 0 Å². The van der Waals surface area contributed by atoms with Crippen molar-refractivity contribution in [2.75, 3.05) is 6.61 Å². The maximum Gasteiger partial charge on any atom is 0.306 e. The van der Waals surface area contributed by atoms with Gasteiger partial charge in [0.1, 0.15) is 12.6 Å². The highest BCUT2D eigenvalue weighted by atomic mass is 16.5. The zero-order valence-electron chi connectivity index (χ0n) is 13.7. The third kappa shape index (κ3) is 4.06. The molecule has 0 heterocycles. The molecule has 1 fully saturated rings. The summed E-state index contributed by atoms with van der Waals surface area (Å²) in [6.45, 7) is 4.12. The van der Waals surface area contributed by atoms with Gasteiger partial charge in [-0.2, -0.15) is 0 Å². The average Bonchev–Trinajstić information content (AvgIpc) is 2.55. The van der Waals surface area contributed by atoms with E-state index in [4.69, 9.17) is 4.74 Å². The average molecular weight is 316 g/mol. The lowest BCUT2D eigenvalue weighted by Crippen LogP contribution is -2.36. The van der Waals surface area contributed by atoms with Gasteiger partial charge in [-0.05, 0) is 38.2 Å². The fourth-order valence-electron chi connectivity index (χ4n) is 3.64. The molecule has 1 aliphatic carbocycles. The second-order valence-electron chi connectivity index (χ2n) is 6.30. The summed E-state index contributed by atoms with van der Waals surface area (Å²) in [5.74, 6) is -0.984.